The zero-order valence-electron chi connectivity index (χ0n) is 17.1. The van der Waals surface area contributed by atoms with Gasteiger partial charge in [0.2, 0.25) is 5.91 Å². The van der Waals surface area contributed by atoms with Crippen molar-refractivity contribution in [3.63, 3.8) is 0 Å². The van der Waals surface area contributed by atoms with Crippen LogP contribution in [0, 0.1) is 12.8 Å². The molecule has 1 aromatic heterocycles. The van der Waals surface area contributed by atoms with Crippen molar-refractivity contribution >= 4 is 17.5 Å². The summed E-state index contributed by atoms with van der Waals surface area (Å²) in [4.78, 5) is 30.7. The molecule has 1 aliphatic heterocycles. The lowest BCUT2D eigenvalue weighted by molar-refractivity contribution is -0.116. The molecular formula is C20H26N4O5. The number of rotatable bonds is 7. The summed E-state index contributed by atoms with van der Waals surface area (Å²) in [6.07, 6.45) is 1.91. The molecule has 1 fully saturated rings. The van der Waals surface area contributed by atoms with Crippen LogP contribution in [0.15, 0.2) is 24.4 Å². The van der Waals surface area contributed by atoms with Crippen LogP contribution in [-0.2, 0) is 16.2 Å². The molecule has 0 aliphatic carbocycles. The first-order chi connectivity index (χ1) is 13.9. The molecule has 1 atom stereocenters. The fourth-order valence-electron chi connectivity index (χ4n) is 3.12. The summed E-state index contributed by atoms with van der Waals surface area (Å²) in [5.74, 6) is 0.449. The summed E-state index contributed by atoms with van der Waals surface area (Å²) >= 11 is 0. The number of ether oxygens (including phenoxy) is 2. The molecule has 1 saturated heterocycles. The van der Waals surface area contributed by atoms with Gasteiger partial charge in [-0.25, -0.2) is 5.06 Å². The lowest BCUT2D eigenvalue weighted by Gasteiger charge is -2.18. The minimum atomic E-state index is -0.294. The highest BCUT2D eigenvalue weighted by Crippen LogP contribution is 2.37. The van der Waals surface area contributed by atoms with Crippen LogP contribution >= 0.6 is 0 Å². The Balaban J connectivity index is 1.79. The lowest BCUT2D eigenvalue weighted by atomic mass is 10.1. The summed E-state index contributed by atoms with van der Waals surface area (Å²) in [6, 6.07) is 5.03. The van der Waals surface area contributed by atoms with Gasteiger partial charge in [0.05, 0.1) is 33.1 Å². The molecule has 2 heterocycles. The number of nitrogens with one attached hydrogen (secondary N) is 1. The Bertz CT molecular complexity index is 895. The van der Waals surface area contributed by atoms with E-state index in [2.05, 4.69) is 10.4 Å². The number of amides is 2. The fourth-order valence-corrected chi connectivity index (χ4v) is 3.12. The molecule has 0 bridgehead atoms. The maximum absolute atomic E-state index is 12.8. The van der Waals surface area contributed by atoms with E-state index >= 15 is 0 Å². The van der Waals surface area contributed by atoms with Crippen molar-refractivity contribution in [2.45, 2.75) is 26.8 Å². The van der Waals surface area contributed by atoms with Gasteiger partial charge in [-0.1, -0.05) is 6.92 Å². The number of hydrogen-bond donors (Lipinski definition) is 1. The largest absolute Gasteiger partial charge is 0.493 e. The topological polar surface area (TPSA) is 94.9 Å². The van der Waals surface area contributed by atoms with E-state index in [-0.39, 0.29) is 24.2 Å². The molecule has 2 amide bonds. The quantitative estimate of drug-likeness (QED) is 0.763. The second-order valence-electron chi connectivity index (χ2n) is 7.02. The zero-order chi connectivity index (χ0) is 21.0. The maximum Gasteiger partial charge on any atom is 0.277 e. The Kier molecular flexibility index (Phi) is 6.38. The number of aryl methyl sites for hydroxylation is 2. The van der Waals surface area contributed by atoms with E-state index in [0.717, 1.165) is 5.69 Å². The number of hydroxylamine groups is 2. The molecule has 1 N–H and O–H groups in total. The molecule has 9 heteroatoms. The average Bonchev–Trinajstić information content (AvgIpc) is 3.33. The van der Waals surface area contributed by atoms with Gasteiger partial charge in [-0.15, -0.1) is 0 Å². The zero-order valence-corrected chi connectivity index (χ0v) is 17.1. The molecular weight excluding hydrogens is 376 g/mol. The molecule has 3 rings (SSSR count). The normalized spacial score (nSPS) is 16.0. The Morgan fingerprint density at radius 3 is 2.69 bits per heavy atom. The van der Waals surface area contributed by atoms with Gasteiger partial charge in [0.1, 0.15) is 0 Å². The number of hydrogen-bond acceptors (Lipinski definition) is 6. The van der Waals surface area contributed by atoms with Gasteiger partial charge < -0.3 is 14.8 Å². The SMILES string of the molecule is COc1cc(C(=O)N2CC(C)CO2)cc(NC(=O)CCn2nccc2C)c1OC. The molecule has 2 aromatic rings. The molecule has 0 spiro atoms. The van der Waals surface area contributed by atoms with Crippen LogP contribution in [-0.4, -0.2) is 54.0 Å². The van der Waals surface area contributed by atoms with Crippen molar-refractivity contribution in [1.82, 2.24) is 14.8 Å². The Hall–Kier alpha value is -3.07. The van der Waals surface area contributed by atoms with Gasteiger partial charge >= 0.3 is 0 Å². The number of methoxy groups -OCH3 is 2. The third-order valence-corrected chi connectivity index (χ3v) is 4.70. The van der Waals surface area contributed by atoms with E-state index in [1.54, 1.807) is 23.0 Å². The van der Waals surface area contributed by atoms with Crippen LogP contribution in [0.1, 0.15) is 29.4 Å². The van der Waals surface area contributed by atoms with Crippen molar-refractivity contribution in [3.05, 3.63) is 35.7 Å². The van der Waals surface area contributed by atoms with Crippen molar-refractivity contribution in [2.24, 2.45) is 5.92 Å². The average molecular weight is 402 g/mol. The van der Waals surface area contributed by atoms with Crippen molar-refractivity contribution in [3.8, 4) is 11.5 Å². The minimum Gasteiger partial charge on any atom is -0.493 e. The number of carbonyl (C=O) groups is 2. The summed E-state index contributed by atoms with van der Waals surface area (Å²) in [7, 11) is 2.96. The smallest absolute Gasteiger partial charge is 0.277 e. The van der Waals surface area contributed by atoms with E-state index in [4.69, 9.17) is 14.3 Å². The van der Waals surface area contributed by atoms with Crippen LogP contribution in [0.4, 0.5) is 5.69 Å². The van der Waals surface area contributed by atoms with E-state index in [1.807, 2.05) is 19.9 Å². The molecule has 156 valence electrons. The summed E-state index contributed by atoms with van der Waals surface area (Å²) in [5, 5.41) is 8.32. The standard InChI is InChI=1S/C20H26N4O5/c1-13-11-24(29-12-13)20(26)15-9-16(19(28-4)17(10-15)27-3)22-18(25)6-8-23-14(2)5-7-21-23/h5,7,9-10,13H,6,8,11-12H2,1-4H3,(H,22,25). The Morgan fingerprint density at radius 2 is 2.10 bits per heavy atom. The summed E-state index contributed by atoms with van der Waals surface area (Å²) in [6.45, 7) is 5.39. The second-order valence-corrected chi connectivity index (χ2v) is 7.02. The number of carbonyl (C=O) groups excluding carboxylic acids is 2. The van der Waals surface area contributed by atoms with Crippen LogP contribution in [0.25, 0.3) is 0 Å². The van der Waals surface area contributed by atoms with Gasteiger partial charge in [-0.05, 0) is 25.1 Å². The van der Waals surface area contributed by atoms with Gasteiger partial charge in [0.15, 0.2) is 11.5 Å². The molecule has 9 nitrogen and oxygen atoms in total. The van der Waals surface area contributed by atoms with E-state index in [1.165, 1.54) is 19.3 Å². The predicted molar refractivity (Wildman–Crippen MR) is 106 cm³/mol. The van der Waals surface area contributed by atoms with Gasteiger partial charge in [0.25, 0.3) is 5.91 Å². The second kappa shape index (κ2) is 8.95. The molecule has 29 heavy (non-hydrogen) atoms. The van der Waals surface area contributed by atoms with E-state index in [0.29, 0.717) is 42.4 Å². The van der Waals surface area contributed by atoms with Crippen LogP contribution < -0.4 is 14.8 Å². The molecule has 0 saturated carbocycles. The van der Waals surface area contributed by atoms with Crippen LogP contribution in [0.5, 0.6) is 11.5 Å². The van der Waals surface area contributed by atoms with Crippen LogP contribution in [0.2, 0.25) is 0 Å². The van der Waals surface area contributed by atoms with Crippen molar-refractivity contribution < 1.29 is 23.9 Å². The number of nitrogens with zero attached hydrogens (tertiary/aromatic N) is 3. The fraction of sp³-hybridized carbons (Fsp3) is 0.450. The van der Waals surface area contributed by atoms with Crippen LogP contribution in [0.3, 0.4) is 0 Å². The van der Waals surface area contributed by atoms with E-state index < -0.39 is 0 Å². The molecule has 0 radical (unpaired) electrons. The highest BCUT2D eigenvalue weighted by Gasteiger charge is 2.27. The molecule has 1 aromatic carbocycles. The minimum absolute atomic E-state index is 0.221. The van der Waals surface area contributed by atoms with Crippen molar-refractivity contribution in [1.29, 1.82) is 0 Å². The Morgan fingerprint density at radius 1 is 1.31 bits per heavy atom. The third kappa shape index (κ3) is 4.68. The number of anilines is 1. The maximum atomic E-state index is 12.8. The first-order valence-corrected chi connectivity index (χ1v) is 9.42. The van der Waals surface area contributed by atoms with Crippen molar-refractivity contribution in [2.75, 3.05) is 32.7 Å². The number of benzene rings is 1. The van der Waals surface area contributed by atoms with Gasteiger partial charge in [-0.2, -0.15) is 5.10 Å². The van der Waals surface area contributed by atoms with E-state index in [9.17, 15) is 9.59 Å². The highest BCUT2D eigenvalue weighted by atomic mass is 16.7. The Labute approximate surface area is 169 Å². The summed E-state index contributed by atoms with van der Waals surface area (Å²) in [5.41, 5.74) is 1.68. The molecule has 1 aliphatic rings. The number of aromatic nitrogens is 2. The summed E-state index contributed by atoms with van der Waals surface area (Å²) < 4.78 is 12.5. The lowest BCUT2D eigenvalue weighted by Crippen LogP contribution is -2.27. The third-order valence-electron chi connectivity index (χ3n) is 4.70. The molecule has 1 unspecified atom stereocenters. The first kappa shape index (κ1) is 20.7. The van der Waals surface area contributed by atoms with Gasteiger partial charge in [-0.3, -0.25) is 19.1 Å². The first-order valence-electron chi connectivity index (χ1n) is 9.42. The predicted octanol–water partition coefficient (Wildman–Crippen LogP) is 2.26. The highest BCUT2D eigenvalue weighted by molar-refractivity contribution is 5.99. The van der Waals surface area contributed by atoms with Gasteiger partial charge in [0, 0.05) is 36.3 Å². The monoisotopic (exact) mass is 402 g/mol.